The number of barbiturate groups is 1. The van der Waals surface area contributed by atoms with Crippen molar-refractivity contribution in [1.82, 2.24) is 5.32 Å². The first-order valence-electron chi connectivity index (χ1n) is 12.2. The van der Waals surface area contributed by atoms with Gasteiger partial charge < -0.3 is 14.4 Å². The van der Waals surface area contributed by atoms with Crippen LogP contribution >= 0.6 is 0 Å². The Balaban J connectivity index is 1.78. The second-order valence-corrected chi connectivity index (χ2v) is 9.88. The van der Waals surface area contributed by atoms with E-state index in [1.165, 1.54) is 13.2 Å². The smallest absolute Gasteiger partial charge is 0.335 e. The van der Waals surface area contributed by atoms with Gasteiger partial charge in [0.2, 0.25) is 0 Å². The van der Waals surface area contributed by atoms with Crippen molar-refractivity contribution in [1.29, 1.82) is 0 Å². The molecule has 2 heterocycles. The average Bonchev–Trinajstić information content (AvgIpc) is 2.84. The van der Waals surface area contributed by atoms with Crippen LogP contribution in [0.15, 0.2) is 42.0 Å². The van der Waals surface area contributed by atoms with Crippen molar-refractivity contribution in [3.63, 3.8) is 0 Å². The Bertz CT molecular complexity index is 1230. The number of imide groups is 2. The molecule has 1 unspecified atom stereocenters. The standard InChI is InChI=1S/C28H33N3O5/c1-7-12-30-23-15-24(36-6)18(13-21(23)17(2)16-28(30,3)4)14-22-25(32)29-27(34)31(26(22)33)19-8-10-20(35-5)11-9-19/h8-11,13-15,17H,7,12,16H2,1-6H3,(H,29,32,34)/b22-14-. The van der Waals surface area contributed by atoms with E-state index in [0.29, 0.717) is 22.7 Å². The minimum Gasteiger partial charge on any atom is -0.497 e. The highest BCUT2D eigenvalue weighted by Gasteiger charge is 2.39. The summed E-state index contributed by atoms with van der Waals surface area (Å²) in [7, 11) is 3.10. The van der Waals surface area contributed by atoms with E-state index >= 15 is 0 Å². The molecule has 1 atom stereocenters. The first kappa shape index (κ1) is 25.3. The molecule has 0 aliphatic carbocycles. The number of anilines is 2. The maximum atomic E-state index is 13.4. The van der Waals surface area contributed by atoms with E-state index in [9.17, 15) is 14.4 Å². The van der Waals surface area contributed by atoms with Crippen LogP contribution < -0.4 is 24.6 Å². The predicted molar refractivity (Wildman–Crippen MR) is 140 cm³/mol. The number of amides is 4. The predicted octanol–water partition coefficient (Wildman–Crippen LogP) is 4.87. The van der Waals surface area contributed by atoms with Crippen molar-refractivity contribution in [3.8, 4) is 11.5 Å². The van der Waals surface area contributed by atoms with Gasteiger partial charge >= 0.3 is 6.03 Å². The molecule has 0 spiro atoms. The van der Waals surface area contributed by atoms with Crippen LogP contribution in [-0.2, 0) is 9.59 Å². The highest BCUT2D eigenvalue weighted by atomic mass is 16.5. The molecular weight excluding hydrogens is 458 g/mol. The van der Waals surface area contributed by atoms with E-state index in [1.807, 2.05) is 12.1 Å². The van der Waals surface area contributed by atoms with E-state index in [-0.39, 0.29) is 17.0 Å². The van der Waals surface area contributed by atoms with Crippen molar-refractivity contribution in [2.24, 2.45) is 0 Å². The van der Waals surface area contributed by atoms with Crippen LogP contribution in [0.2, 0.25) is 0 Å². The van der Waals surface area contributed by atoms with Gasteiger partial charge in [0.1, 0.15) is 17.1 Å². The van der Waals surface area contributed by atoms with Gasteiger partial charge in [-0.3, -0.25) is 14.9 Å². The second-order valence-electron chi connectivity index (χ2n) is 9.88. The fraction of sp³-hybridized carbons (Fsp3) is 0.393. The number of nitrogens with zero attached hydrogens (tertiary/aromatic N) is 2. The monoisotopic (exact) mass is 491 g/mol. The third kappa shape index (κ3) is 4.43. The minimum atomic E-state index is -0.796. The Labute approximate surface area is 211 Å². The van der Waals surface area contributed by atoms with Crippen LogP contribution in [0.5, 0.6) is 11.5 Å². The maximum absolute atomic E-state index is 13.4. The number of carbonyl (C=O) groups is 3. The van der Waals surface area contributed by atoms with E-state index in [0.717, 1.165) is 35.5 Å². The topological polar surface area (TPSA) is 88.2 Å². The zero-order chi connectivity index (χ0) is 26.2. The minimum absolute atomic E-state index is 0.00807. The molecule has 1 N–H and O–H groups in total. The van der Waals surface area contributed by atoms with Crippen molar-refractivity contribution in [2.75, 3.05) is 30.6 Å². The lowest BCUT2D eigenvalue weighted by molar-refractivity contribution is -0.122. The number of urea groups is 1. The molecule has 4 amide bonds. The van der Waals surface area contributed by atoms with Gasteiger partial charge in [0.25, 0.3) is 11.8 Å². The number of methoxy groups -OCH3 is 2. The molecule has 2 aromatic carbocycles. The number of hydrogen-bond acceptors (Lipinski definition) is 6. The molecule has 2 aromatic rings. The normalized spacial score (nSPS) is 20.3. The number of rotatable bonds is 6. The summed E-state index contributed by atoms with van der Waals surface area (Å²) in [6, 6.07) is 9.67. The fourth-order valence-electron chi connectivity index (χ4n) is 5.24. The quantitative estimate of drug-likeness (QED) is 0.458. The lowest BCUT2D eigenvalue weighted by Gasteiger charge is -2.48. The molecule has 36 heavy (non-hydrogen) atoms. The van der Waals surface area contributed by atoms with Crippen LogP contribution in [0.1, 0.15) is 57.6 Å². The third-order valence-corrected chi connectivity index (χ3v) is 6.92. The first-order valence-corrected chi connectivity index (χ1v) is 12.2. The Hall–Kier alpha value is -3.81. The molecule has 0 bridgehead atoms. The lowest BCUT2D eigenvalue weighted by atomic mass is 9.79. The Morgan fingerprint density at radius 1 is 1.08 bits per heavy atom. The highest BCUT2D eigenvalue weighted by Crippen LogP contribution is 2.46. The molecule has 1 fully saturated rings. The molecule has 190 valence electrons. The summed E-state index contributed by atoms with van der Waals surface area (Å²) >= 11 is 0. The highest BCUT2D eigenvalue weighted by molar-refractivity contribution is 6.39. The molecule has 0 aromatic heterocycles. The largest absolute Gasteiger partial charge is 0.497 e. The lowest BCUT2D eigenvalue weighted by Crippen LogP contribution is -2.54. The van der Waals surface area contributed by atoms with Crippen LogP contribution in [-0.4, -0.2) is 44.1 Å². The van der Waals surface area contributed by atoms with Crippen molar-refractivity contribution >= 4 is 35.3 Å². The van der Waals surface area contributed by atoms with Gasteiger partial charge in [-0.2, -0.15) is 0 Å². The molecule has 8 heteroatoms. The van der Waals surface area contributed by atoms with E-state index < -0.39 is 17.8 Å². The van der Waals surface area contributed by atoms with Crippen LogP contribution in [0.25, 0.3) is 6.08 Å². The molecule has 2 aliphatic rings. The second kappa shape index (κ2) is 9.68. The van der Waals surface area contributed by atoms with Crippen molar-refractivity contribution in [3.05, 3.63) is 53.1 Å². The average molecular weight is 492 g/mol. The summed E-state index contributed by atoms with van der Waals surface area (Å²) in [6.45, 7) is 9.76. The maximum Gasteiger partial charge on any atom is 0.335 e. The SMILES string of the molecule is CCCN1c2cc(OC)c(/C=C3/C(=O)NC(=O)N(c4ccc(OC)cc4)C3=O)cc2C(C)CC1(C)C. The number of nitrogens with one attached hydrogen (secondary N) is 1. The molecule has 2 aliphatic heterocycles. The molecule has 1 saturated heterocycles. The summed E-state index contributed by atoms with van der Waals surface area (Å²) in [5, 5.41) is 2.28. The van der Waals surface area contributed by atoms with Gasteiger partial charge in [0.15, 0.2) is 0 Å². The summed E-state index contributed by atoms with van der Waals surface area (Å²) in [6.07, 6.45) is 3.49. The number of fused-ring (bicyclic) bond motifs is 1. The Kier molecular flexibility index (Phi) is 6.80. The van der Waals surface area contributed by atoms with Gasteiger partial charge in [-0.15, -0.1) is 0 Å². The van der Waals surface area contributed by atoms with Crippen molar-refractivity contribution in [2.45, 2.75) is 52.0 Å². The number of hydrogen-bond donors (Lipinski definition) is 1. The summed E-state index contributed by atoms with van der Waals surface area (Å²) in [4.78, 5) is 42.1. The van der Waals surface area contributed by atoms with E-state index in [4.69, 9.17) is 9.47 Å². The molecular formula is C28H33N3O5. The van der Waals surface area contributed by atoms with Crippen molar-refractivity contribution < 1.29 is 23.9 Å². The molecule has 4 rings (SSSR count). The zero-order valence-electron chi connectivity index (χ0n) is 21.7. The van der Waals surface area contributed by atoms with E-state index in [1.54, 1.807) is 31.4 Å². The van der Waals surface area contributed by atoms with Crippen LogP contribution in [0.3, 0.4) is 0 Å². The van der Waals surface area contributed by atoms with Gasteiger partial charge in [0.05, 0.1) is 19.9 Å². The number of ether oxygens (including phenoxy) is 2. The fourth-order valence-corrected chi connectivity index (χ4v) is 5.24. The Morgan fingerprint density at radius 2 is 1.78 bits per heavy atom. The van der Waals surface area contributed by atoms with Gasteiger partial charge in [0, 0.05) is 29.4 Å². The van der Waals surface area contributed by atoms with Gasteiger partial charge in [-0.05, 0) is 74.6 Å². The van der Waals surface area contributed by atoms with Crippen LogP contribution in [0.4, 0.5) is 16.2 Å². The summed E-state index contributed by atoms with van der Waals surface area (Å²) in [5.41, 5.74) is 3.04. The Morgan fingerprint density at radius 3 is 2.39 bits per heavy atom. The van der Waals surface area contributed by atoms with E-state index in [2.05, 4.69) is 37.9 Å². The van der Waals surface area contributed by atoms with Gasteiger partial charge in [-0.1, -0.05) is 13.8 Å². The molecule has 8 nitrogen and oxygen atoms in total. The first-order chi connectivity index (χ1) is 17.1. The van der Waals surface area contributed by atoms with Gasteiger partial charge in [-0.25, -0.2) is 9.69 Å². The number of carbonyl (C=O) groups excluding carboxylic acids is 3. The zero-order valence-corrected chi connectivity index (χ0v) is 21.7. The summed E-state index contributed by atoms with van der Waals surface area (Å²) in [5.74, 6) is -0.0179. The number of benzene rings is 2. The molecule has 0 radical (unpaired) electrons. The third-order valence-electron chi connectivity index (χ3n) is 6.92. The summed E-state index contributed by atoms with van der Waals surface area (Å²) < 4.78 is 10.9. The van der Waals surface area contributed by atoms with Crippen LogP contribution in [0, 0.1) is 0 Å². The molecule has 0 saturated carbocycles.